The molecule has 4 aliphatic rings. The van der Waals surface area contributed by atoms with Gasteiger partial charge in [0.2, 0.25) is 0 Å². The summed E-state index contributed by atoms with van der Waals surface area (Å²) in [5.41, 5.74) is 0.823. The Kier molecular flexibility index (Phi) is 6.65. The maximum Gasteiger partial charge on any atom is 0.322 e. The first-order valence-electron chi connectivity index (χ1n) is 12.5. The van der Waals surface area contributed by atoms with E-state index in [1.165, 1.54) is 71.3 Å². The zero-order chi connectivity index (χ0) is 21.4. The van der Waals surface area contributed by atoms with E-state index in [0.717, 1.165) is 23.7 Å². The molecule has 4 aliphatic carbocycles. The number of fused-ring (bicyclic) bond motifs is 5. The molecule has 7 unspecified atom stereocenters. The first-order chi connectivity index (χ1) is 14.5. The first kappa shape index (κ1) is 22.3. The van der Waals surface area contributed by atoms with Crippen LogP contribution in [0.15, 0.2) is 12.7 Å². The zero-order valence-corrected chi connectivity index (χ0v) is 19.5. The van der Waals surface area contributed by atoms with E-state index in [2.05, 4.69) is 31.8 Å². The zero-order valence-electron chi connectivity index (χ0n) is 19.5. The van der Waals surface area contributed by atoms with Gasteiger partial charge in [0.15, 0.2) is 6.79 Å². The van der Waals surface area contributed by atoms with Crippen molar-refractivity contribution in [1.82, 2.24) is 5.32 Å². The van der Waals surface area contributed by atoms with Gasteiger partial charge in [-0.05, 0) is 98.7 Å². The lowest BCUT2D eigenvalue weighted by molar-refractivity contribution is -0.153. The molecule has 0 saturated heterocycles. The van der Waals surface area contributed by atoms with Gasteiger partial charge >= 0.3 is 5.97 Å². The molecular weight excluding hydrogens is 374 g/mol. The van der Waals surface area contributed by atoms with E-state index < -0.39 is 0 Å². The van der Waals surface area contributed by atoms with Crippen molar-refractivity contribution in [3.8, 4) is 0 Å². The lowest BCUT2D eigenvalue weighted by Gasteiger charge is -2.61. The smallest absolute Gasteiger partial charge is 0.322 e. The Bertz CT molecular complexity index is 636. The fourth-order valence-corrected chi connectivity index (χ4v) is 8.79. The second kappa shape index (κ2) is 8.94. The van der Waals surface area contributed by atoms with Gasteiger partial charge in [-0.25, -0.2) is 0 Å². The Hall–Kier alpha value is -0.870. The van der Waals surface area contributed by atoms with Crippen LogP contribution in [-0.2, 0) is 14.3 Å². The molecule has 0 radical (unpaired) electrons. The molecule has 4 heteroatoms. The number of rotatable bonds is 7. The lowest BCUT2D eigenvalue weighted by atomic mass is 9.44. The molecule has 0 bridgehead atoms. The van der Waals surface area contributed by atoms with Crippen LogP contribution in [0.3, 0.4) is 0 Å². The summed E-state index contributed by atoms with van der Waals surface area (Å²) >= 11 is 0. The molecule has 4 nitrogen and oxygen atoms in total. The summed E-state index contributed by atoms with van der Waals surface area (Å²) in [6, 6.07) is 0.339. The summed E-state index contributed by atoms with van der Waals surface area (Å²) in [6.07, 6.45) is 16.3. The number of carbonyl (C=O) groups excluding carboxylic acids is 1. The quantitative estimate of drug-likeness (QED) is 0.346. The molecule has 8 atom stereocenters. The maximum atomic E-state index is 11.9. The highest BCUT2D eigenvalue weighted by molar-refractivity contribution is 5.71. The van der Waals surface area contributed by atoms with Crippen molar-refractivity contribution < 1.29 is 14.3 Å². The molecule has 0 aromatic carbocycles. The van der Waals surface area contributed by atoms with Gasteiger partial charge < -0.3 is 14.8 Å². The summed E-state index contributed by atoms with van der Waals surface area (Å²) in [7, 11) is 1.54. The monoisotopic (exact) mass is 417 g/mol. The third kappa shape index (κ3) is 3.66. The van der Waals surface area contributed by atoms with E-state index in [4.69, 9.17) is 9.47 Å². The summed E-state index contributed by atoms with van der Waals surface area (Å²) in [5, 5.41) is 3.48. The Morgan fingerprint density at radius 1 is 1.13 bits per heavy atom. The molecule has 0 heterocycles. The lowest BCUT2D eigenvalue weighted by Crippen LogP contribution is -2.54. The normalized spacial score (nSPS) is 43.8. The van der Waals surface area contributed by atoms with Gasteiger partial charge in [0.1, 0.15) is 0 Å². The molecule has 0 amide bonds. The van der Waals surface area contributed by atoms with Gasteiger partial charge in [0.05, 0.1) is 6.54 Å². The van der Waals surface area contributed by atoms with E-state index in [0.29, 0.717) is 22.8 Å². The topological polar surface area (TPSA) is 47.6 Å². The molecule has 30 heavy (non-hydrogen) atoms. The molecule has 4 rings (SSSR count). The number of carbonyl (C=O) groups is 1. The van der Waals surface area contributed by atoms with Crippen LogP contribution in [0, 0.1) is 40.4 Å². The number of hydrogen-bond donors (Lipinski definition) is 1. The minimum atomic E-state index is -0.226. The Labute approximate surface area is 183 Å². The van der Waals surface area contributed by atoms with Crippen LogP contribution in [0.25, 0.3) is 0 Å². The Morgan fingerprint density at radius 3 is 2.73 bits per heavy atom. The van der Waals surface area contributed by atoms with E-state index >= 15 is 0 Å². The van der Waals surface area contributed by atoms with Crippen LogP contribution in [0.5, 0.6) is 0 Å². The molecular formula is C26H43NO3. The van der Waals surface area contributed by atoms with Gasteiger partial charge in [-0.1, -0.05) is 25.8 Å². The molecule has 4 fully saturated rings. The number of hydrogen-bond acceptors (Lipinski definition) is 4. The number of ether oxygens (including phenoxy) is 2. The third-order valence-electron chi connectivity index (χ3n) is 10.1. The van der Waals surface area contributed by atoms with Crippen molar-refractivity contribution in [2.24, 2.45) is 40.4 Å². The SMILES string of the molecule is C=CC12CCCCC1CCC1C3CCC([C@H](C)NCC(=O)OCOC)C3(C)CCC12. The van der Waals surface area contributed by atoms with Crippen LogP contribution in [-0.4, -0.2) is 32.5 Å². The highest BCUT2D eigenvalue weighted by atomic mass is 16.7. The second-order valence-corrected chi connectivity index (χ2v) is 11.0. The van der Waals surface area contributed by atoms with E-state index in [1.54, 1.807) is 0 Å². The molecule has 0 aromatic rings. The maximum absolute atomic E-state index is 11.9. The van der Waals surface area contributed by atoms with Gasteiger partial charge in [-0.2, -0.15) is 0 Å². The van der Waals surface area contributed by atoms with E-state index in [-0.39, 0.29) is 19.3 Å². The predicted molar refractivity (Wildman–Crippen MR) is 120 cm³/mol. The second-order valence-electron chi connectivity index (χ2n) is 11.0. The molecule has 0 aromatic heterocycles. The summed E-state index contributed by atoms with van der Waals surface area (Å²) < 4.78 is 9.88. The highest BCUT2D eigenvalue weighted by Gasteiger charge is 2.60. The van der Waals surface area contributed by atoms with Crippen molar-refractivity contribution >= 4 is 5.97 Å². The van der Waals surface area contributed by atoms with Crippen LogP contribution in [0.4, 0.5) is 0 Å². The number of allylic oxidation sites excluding steroid dienone is 1. The fourth-order valence-electron chi connectivity index (χ4n) is 8.79. The largest absolute Gasteiger partial charge is 0.438 e. The van der Waals surface area contributed by atoms with Crippen molar-refractivity contribution in [2.75, 3.05) is 20.4 Å². The van der Waals surface area contributed by atoms with E-state index in [9.17, 15) is 4.79 Å². The molecule has 170 valence electrons. The molecule has 4 saturated carbocycles. The minimum absolute atomic E-state index is 0.0349. The van der Waals surface area contributed by atoms with Crippen LogP contribution < -0.4 is 5.32 Å². The Morgan fingerprint density at radius 2 is 1.97 bits per heavy atom. The van der Waals surface area contributed by atoms with Gasteiger partial charge in [0, 0.05) is 13.2 Å². The van der Waals surface area contributed by atoms with Crippen LogP contribution in [0.1, 0.15) is 78.1 Å². The van der Waals surface area contributed by atoms with Gasteiger partial charge in [0.25, 0.3) is 0 Å². The molecule has 1 N–H and O–H groups in total. The first-order valence-corrected chi connectivity index (χ1v) is 12.5. The molecule has 0 aliphatic heterocycles. The third-order valence-corrected chi connectivity index (χ3v) is 10.1. The van der Waals surface area contributed by atoms with Crippen molar-refractivity contribution in [2.45, 2.75) is 84.1 Å². The van der Waals surface area contributed by atoms with Crippen molar-refractivity contribution in [3.63, 3.8) is 0 Å². The van der Waals surface area contributed by atoms with Crippen molar-refractivity contribution in [1.29, 1.82) is 0 Å². The molecule has 0 spiro atoms. The summed E-state index contributed by atoms with van der Waals surface area (Å²) in [6.45, 7) is 9.55. The summed E-state index contributed by atoms with van der Waals surface area (Å²) in [5.74, 6) is 3.88. The van der Waals surface area contributed by atoms with Crippen LogP contribution >= 0.6 is 0 Å². The number of esters is 1. The van der Waals surface area contributed by atoms with E-state index in [1.807, 2.05) is 0 Å². The van der Waals surface area contributed by atoms with Gasteiger partial charge in [-0.3, -0.25) is 4.79 Å². The number of methoxy groups -OCH3 is 1. The fraction of sp³-hybridized carbons (Fsp3) is 0.885. The van der Waals surface area contributed by atoms with Gasteiger partial charge in [-0.15, -0.1) is 6.58 Å². The van der Waals surface area contributed by atoms with Crippen LogP contribution in [0.2, 0.25) is 0 Å². The number of nitrogens with one attached hydrogen (secondary N) is 1. The minimum Gasteiger partial charge on any atom is -0.438 e. The highest BCUT2D eigenvalue weighted by Crippen LogP contribution is 2.68. The average Bonchev–Trinajstić information content (AvgIpc) is 3.12. The van der Waals surface area contributed by atoms with Crippen molar-refractivity contribution in [3.05, 3.63) is 12.7 Å². The Balaban J connectivity index is 1.44. The predicted octanol–water partition coefficient (Wildman–Crippen LogP) is 5.33. The average molecular weight is 418 g/mol. The summed E-state index contributed by atoms with van der Waals surface area (Å²) in [4.78, 5) is 11.9. The standard InChI is InChI=1S/C26H43NO3/c1-5-26-14-7-6-8-19(26)9-10-20-22-12-11-21(25(22,3)15-13-23(20)26)18(2)27-16-24(28)30-17-29-4/h5,18-23,27H,1,6-17H2,2-4H3/t18-,19?,20?,21?,22?,23?,25?,26?/m0/s1.